The third kappa shape index (κ3) is 3.74. The number of halogens is 1. The SMILES string of the molecule is CCOC(=O)c1c(Br)cccc1NCC(=O)O. The van der Waals surface area contributed by atoms with Gasteiger partial charge >= 0.3 is 11.9 Å². The Bertz CT molecular complexity index is 433. The van der Waals surface area contributed by atoms with Crippen LogP contribution in [0.15, 0.2) is 22.7 Å². The number of benzene rings is 1. The molecular weight excluding hydrogens is 290 g/mol. The Kier molecular flexibility index (Phi) is 4.96. The van der Waals surface area contributed by atoms with E-state index in [0.717, 1.165) is 0 Å². The number of carbonyl (C=O) groups excluding carboxylic acids is 1. The zero-order valence-corrected chi connectivity index (χ0v) is 10.8. The van der Waals surface area contributed by atoms with Gasteiger partial charge in [0.25, 0.3) is 0 Å². The normalized spacial score (nSPS) is 9.76. The highest BCUT2D eigenvalue weighted by Crippen LogP contribution is 2.25. The highest BCUT2D eigenvalue weighted by molar-refractivity contribution is 9.10. The van der Waals surface area contributed by atoms with Crippen molar-refractivity contribution in [1.29, 1.82) is 0 Å². The van der Waals surface area contributed by atoms with Crippen molar-refractivity contribution >= 4 is 33.6 Å². The lowest BCUT2D eigenvalue weighted by Crippen LogP contribution is -2.16. The Balaban J connectivity index is 2.99. The largest absolute Gasteiger partial charge is 0.480 e. The first-order chi connectivity index (χ1) is 8.06. The van der Waals surface area contributed by atoms with Crippen molar-refractivity contribution in [3.05, 3.63) is 28.2 Å². The maximum absolute atomic E-state index is 11.7. The molecular formula is C11H12BrNO4. The van der Waals surface area contributed by atoms with Gasteiger partial charge in [-0.15, -0.1) is 0 Å². The quantitative estimate of drug-likeness (QED) is 0.815. The maximum atomic E-state index is 11.7. The number of anilines is 1. The van der Waals surface area contributed by atoms with Crippen LogP contribution in [0.4, 0.5) is 5.69 Å². The van der Waals surface area contributed by atoms with Crippen LogP contribution < -0.4 is 5.32 Å². The van der Waals surface area contributed by atoms with Crippen LogP contribution >= 0.6 is 15.9 Å². The molecule has 92 valence electrons. The number of esters is 1. The van der Waals surface area contributed by atoms with Gasteiger partial charge in [0.2, 0.25) is 0 Å². The van der Waals surface area contributed by atoms with Crippen molar-refractivity contribution in [2.45, 2.75) is 6.92 Å². The van der Waals surface area contributed by atoms with Gasteiger partial charge in [-0.25, -0.2) is 4.79 Å². The van der Waals surface area contributed by atoms with Crippen molar-refractivity contribution in [3.8, 4) is 0 Å². The van der Waals surface area contributed by atoms with Gasteiger partial charge in [0, 0.05) is 4.47 Å². The van der Waals surface area contributed by atoms with Crippen LogP contribution in [-0.4, -0.2) is 30.2 Å². The number of rotatable bonds is 5. The Hall–Kier alpha value is -1.56. The fourth-order valence-electron chi connectivity index (χ4n) is 1.25. The number of ether oxygens (including phenoxy) is 1. The van der Waals surface area contributed by atoms with Gasteiger partial charge in [-0.05, 0) is 35.0 Å². The molecule has 0 radical (unpaired) electrons. The van der Waals surface area contributed by atoms with Gasteiger partial charge in [-0.3, -0.25) is 4.79 Å². The zero-order valence-electron chi connectivity index (χ0n) is 9.20. The minimum absolute atomic E-state index is 0.261. The molecule has 0 saturated carbocycles. The van der Waals surface area contributed by atoms with Gasteiger partial charge in [0.1, 0.15) is 6.54 Å². The van der Waals surface area contributed by atoms with E-state index in [0.29, 0.717) is 15.7 Å². The second-order valence-electron chi connectivity index (χ2n) is 3.13. The van der Waals surface area contributed by atoms with E-state index in [9.17, 15) is 9.59 Å². The van der Waals surface area contributed by atoms with Gasteiger partial charge in [-0.1, -0.05) is 6.07 Å². The number of aliphatic carboxylic acids is 1. The highest BCUT2D eigenvalue weighted by Gasteiger charge is 2.16. The van der Waals surface area contributed by atoms with Gasteiger partial charge in [0.05, 0.1) is 17.9 Å². The highest BCUT2D eigenvalue weighted by atomic mass is 79.9. The van der Waals surface area contributed by atoms with Crippen LogP contribution in [0.2, 0.25) is 0 Å². The first kappa shape index (κ1) is 13.5. The lowest BCUT2D eigenvalue weighted by Gasteiger charge is -2.11. The second kappa shape index (κ2) is 6.24. The molecule has 0 fully saturated rings. The fraction of sp³-hybridized carbons (Fsp3) is 0.273. The molecule has 0 aliphatic rings. The summed E-state index contributed by atoms with van der Waals surface area (Å²) in [7, 11) is 0. The van der Waals surface area contributed by atoms with Crippen LogP contribution in [0.3, 0.4) is 0 Å². The smallest absolute Gasteiger partial charge is 0.341 e. The van der Waals surface area contributed by atoms with Crippen molar-refractivity contribution in [2.75, 3.05) is 18.5 Å². The van der Waals surface area contributed by atoms with E-state index in [1.165, 1.54) is 0 Å². The van der Waals surface area contributed by atoms with E-state index in [1.54, 1.807) is 25.1 Å². The van der Waals surface area contributed by atoms with E-state index in [1.807, 2.05) is 0 Å². The van der Waals surface area contributed by atoms with Crippen LogP contribution in [0.5, 0.6) is 0 Å². The lowest BCUT2D eigenvalue weighted by molar-refractivity contribution is -0.134. The molecule has 0 atom stereocenters. The zero-order chi connectivity index (χ0) is 12.8. The van der Waals surface area contributed by atoms with Crippen LogP contribution in [0.1, 0.15) is 17.3 Å². The molecule has 0 heterocycles. The topological polar surface area (TPSA) is 75.6 Å². The number of carbonyl (C=O) groups is 2. The van der Waals surface area contributed by atoms with E-state index >= 15 is 0 Å². The summed E-state index contributed by atoms with van der Waals surface area (Å²) >= 11 is 3.24. The average Bonchev–Trinajstić information content (AvgIpc) is 2.26. The summed E-state index contributed by atoms with van der Waals surface area (Å²) in [5, 5.41) is 11.2. The molecule has 6 heteroatoms. The Morgan fingerprint density at radius 2 is 2.18 bits per heavy atom. The molecule has 0 saturated heterocycles. The molecule has 2 N–H and O–H groups in total. The summed E-state index contributed by atoms with van der Waals surface area (Å²) in [6.45, 7) is 1.71. The molecule has 0 bridgehead atoms. The third-order valence-electron chi connectivity index (χ3n) is 1.92. The number of hydrogen-bond acceptors (Lipinski definition) is 4. The van der Waals surface area contributed by atoms with Gasteiger partial charge in [0.15, 0.2) is 0 Å². The summed E-state index contributed by atoms with van der Waals surface area (Å²) < 4.78 is 5.46. The predicted octanol–water partition coefficient (Wildman–Crippen LogP) is 2.12. The molecule has 0 aliphatic carbocycles. The first-order valence-electron chi connectivity index (χ1n) is 4.97. The Morgan fingerprint density at radius 1 is 1.47 bits per heavy atom. The van der Waals surface area contributed by atoms with Crippen LogP contribution in [0, 0.1) is 0 Å². The summed E-state index contributed by atoms with van der Waals surface area (Å²) in [5.74, 6) is -1.49. The van der Waals surface area contributed by atoms with Crippen LogP contribution in [-0.2, 0) is 9.53 Å². The number of hydrogen-bond donors (Lipinski definition) is 2. The molecule has 0 aliphatic heterocycles. The van der Waals surface area contributed by atoms with E-state index in [2.05, 4.69) is 21.2 Å². The van der Waals surface area contributed by atoms with E-state index in [-0.39, 0.29) is 13.2 Å². The molecule has 1 aromatic carbocycles. The third-order valence-corrected chi connectivity index (χ3v) is 2.58. The number of carboxylic acids is 1. The van der Waals surface area contributed by atoms with E-state index in [4.69, 9.17) is 9.84 Å². The molecule has 0 amide bonds. The van der Waals surface area contributed by atoms with E-state index < -0.39 is 11.9 Å². The fourth-order valence-corrected chi connectivity index (χ4v) is 1.78. The summed E-state index contributed by atoms with van der Waals surface area (Å²) in [4.78, 5) is 22.2. The molecule has 0 aromatic heterocycles. The van der Waals surface area contributed by atoms with Gasteiger partial charge in [-0.2, -0.15) is 0 Å². The summed E-state index contributed by atoms with van der Waals surface area (Å²) in [6, 6.07) is 5.02. The number of carboxylic acid groups (broad SMARTS) is 1. The second-order valence-corrected chi connectivity index (χ2v) is 3.98. The van der Waals surface area contributed by atoms with Crippen molar-refractivity contribution in [1.82, 2.24) is 0 Å². The predicted molar refractivity (Wildman–Crippen MR) is 66.2 cm³/mol. The lowest BCUT2D eigenvalue weighted by atomic mass is 10.2. The standard InChI is InChI=1S/C11H12BrNO4/c1-2-17-11(16)10-7(12)4-3-5-8(10)13-6-9(14)15/h3-5,13H,2,6H2,1H3,(H,14,15). The first-order valence-corrected chi connectivity index (χ1v) is 5.76. The molecule has 0 spiro atoms. The summed E-state index contributed by atoms with van der Waals surface area (Å²) in [6.07, 6.45) is 0. The number of nitrogens with one attached hydrogen (secondary N) is 1. The van der Waals surface area contributed by atoms with Crippen LogP contribution in [0.25, 0.3) is 0 Å². The van der Waals surface area contributed by atoms with Crippen molar-refractivity contribution < 1.29 is 19.4 Å². The monoisotopic (exact) mass is 301 g/mol. The average molecular weight is 302 g/mol. The van der Waals surface area contributed by atoms with Gasteiger partial charge < -0.3 is 15.2 Å². The molecule has 1 rings (SSSR count). The maximum Gasteiger partial charge on any atom is 0.341 e. The summed E-state index contributed by atoms with van der Waals surface area (Å²) in [5.41, 5.74) is 0.732. The Morgan fingerprint density at radius 3 is 2.76 bits per heavy atom. The van der Waals surface area contributed by atoms with Crippen molar-refractivity contribution in [3.63, 3.8) is 0 Å². The van der Waals surface area contributed by atoms with Crippen molar-refractivity contribution in [2.24, 2.45) is 0 Å². The minimum atomic E-state index is -1.00. The molecule has 0 unspecified atom stereocenters. The molecule has 17 heavy (non-hydrogen) atoms. The Labute approximate surface area is 107 Å². The minimum Gasteiger partial charge on any atom is -0.480 e. The molecule has 1 aromatic rings. The molecule has 5 nitrogen and oxygen atoms in total.